The lowest BCUT2D eigenvalue weighted by atomic mass is 10.0. The van der Waals surface area contributed by atoms with E-state index >= 15 is 0 Å². The number of fused-ring (bicyclic) bond motifs is 1. The second-order valence-electron chi connectivity index (χ2n) is 7.84. The summed E-state index contributed by atoms with van der Waals surface area (Å²) in [4.78, 5) is 62.3. The van der Waals surface area contributed by atoms with Crippen LogP contribution < -0.4 is 10.2 Å². The van der Waals surface area contributed by atoms with E-state index in [1.807, 2.05) is 19.9 Å². The van der Waals surface area contributed by atoms with Gasteiger partial charge in [-0.3, -0.25) is 14.4 Å². The largest absolute Gasteiger partial charge is 0.478 e. The van der Waals surface area contributed by atoms with E-state index in [4.69, 9.17) is 0 Å². The van der Waals surface area contributed by atoms with Gasteiger partial charge in [0.25, 0.3) is 17.7 Å². The molecule has 0 aliphatic carbocycles. The van der Waals surface area contributed by atoms with E-state index < -0.39 is 29.7 Å². The Balaban J connectivity index is 1.64. The lowest BCUT2D eigenvalue weighted by molar-refractivity contribution is 0.0695. The van der Waals surface area contributed by atoms with Gasteiger partial charge in [-0.2, -0.15) is 0 Å². The van der Waals surface area contributed by atoms with Gasteiger partial charge in [0.15, 0.2) is 0 Å². The van der Waals surface area contributed by atoms with E-state index in [1.165, 1.54) is 18.2 Å². The molecular weight excluding hydrogens is 440 g/mol. The molecule has 0 aromatic heterocycles. The monoisotopic (exact) mass is 458 g/mol. The molecule has 34 heavy (non-hydrogen) atoms. The highest BCUT2D eigenvalue weighted by Gasteiger charge is 2.37. The van der Waals surface area contributed by atoms with Gasteiger partial charge in [0.1, 0.15) is 0 Å². The zero-order valence-electron chi connectivity index (χ0n) is 18.1. The fraction of sp³-hybridized carbons (Fsp3) is 0.0800. The van der Waals surface area contributed by atoms with Gasteiger partial charge in [0, 0.05) is 11.3 Å². The minimum absolute atomic E-state index is 0.0399. The van der Waals surface area contributed by atoms with E-state index in [1.54, 1.807) is 12.1 Å². The van der Waals surface area contributed by atoms with Gasteiger partial charge in [0.2, 0.25) is 0 Å². The highest BCUT2D eigenvalue weighted by molar-refractivity contribution is 6.34. The molecule has 0 unspecified atom stereocenters. The van der Waals surface area contributed by atoms with Crippen LogP contribution in [0.3, 0.4) is 0 Å². The van der Waals surface area contributed by atoms with Crippen LogP contribution in [0.1, 0.15) is 62.9 Å². The quantitative estimate of drug-likeness (QED) is 0.495. The molecule has 0 saturated carbocycles. The molecule has 3 aromatic rings. The standard InChI is InChI=1S/C25H18N2O7/c1-12-3-5-18(7-13(12)2)27-22(29)19-6-4-14(11-20(19)23(27)30)21(28)26-17-9-15(24(31)32)8-16(10-17)25(33)34/h3-11H,1-2H3,(H,26,28)(H,31,32)(H,33,34). The van der Waals surface area contributed by atoms with Crippen LogP contribution in [0, 0.1) is 13.8 Å². The number of hydrogen-bond acceptors (Lipinski definition) is 5. The minimum atomic E-state index is -1.35. The van der Waals surface area contributed by atoms with Crippen LogP contribution in [0.5, 0.6) is 0 Å². The summed E-state index contributed by atoms with van der Waals surface area (Å²) in [6, 6.07) is 12.5. The molecule has 0 atom stereocenters. The predicted octanol–water partition coefficient (Wildman–Crippen LogP) is 3.75. The number of amides is 3. The number of anilines is 2. The fourth-order valence-electron chi connectivity index (χ4n) is 3.63. The first-order valence-corrected chi connectivity index (χ1v) is 10.1. The zero-order chi connectivity index (χ0) is 24.7. The number of hydrogen-bond donors (Lipinski definition) is 3. The van der Waals surface area contributed by atoms with Crippen molar-refractivity contribution in [1.29, 1.82) is 0 Å². The van der Waals surface area contributed by atoms with Crippen LogP contribution in [-0.4, -0.2) is 39.9 Å². The summed E-state index contributed by atoms with van der Waals surface area (Å²) >= 11 is 0. The number of carbonyl (C=O) groups is 5. The molecule has 0 radical (unpaired) electrons. The zero-order valence-corrected chi connectivity index (χ0v) is 18.1. The van der Waals surface area contributed by atoms with E-state index in [-0.39, 0.29) is 33.5 Å². The van der Waals surface area contributed by atoms with Crippen LogP contribution in [0.15, 0.2) is 54.6 Å². The number of rotatable bonds is 5. The molecule has 9 nitrogen and oxygen atoms in total. The van der Waals surface area contributed by atoms with E-state index in [9.17, 15) is 34.2 Å². The highest BCUT2D eigenvalue weighted by Crippen LogP contribution is 2.30. The molecule has 1 aliphatic rings. The molecule has 3 amide bonds. The molecule has 1 aliphatic heterocycles. The number of nitrogens with one attached hydrogen (secondary N) is 1. The third kappa shape index (κ3) is 3.90. The Morgan fingerprint density at radius 2 is 1.32 bits per heavy atom. The van der Waals surface area contributed by atoms with Crippen molar-refractivity contribution >= 4 is 41.0 Å². The number of carbonyl (C=O) groups excluding carboxylic acids is 3. The lowest BCUT2D eigenvalue weighted by Gasteiger charge is -2.15. The summed E-state index contributed by atoms with van der Waals surface area (Å²) in [7, 11) is 0. The first-order valence-electron chi connectivity index (χ1n) is 10.1. The van der Waals surface area contributed by atoms with Gasteiger partial charge >= 0.3 is 11.9 Å². The number of aromatic carboxylic acids is 2. The van der Waals surface area contributed by atoms with Crippen molar-refractivity contribution in [2.24, 2.45) is 0 Å². The summed E-state index contributed by atoms with van der Waals surface area (Å²) in [5, 5.41) is 20.8. The van der Waals surface area contributed by atoms with Gasteiger partial charge in [-0.1, -0.05) is 6.07 Å². The van der Waals surface area contributed by atoms with Crippen molar-refractivity contribution < 1.29 is 34.2 Å². The van der Waals surface area contributed by atoms with Gasteiger partial charge < -0.3 is 15.5 Å². The average Bonchev–Trinajstić information content (AvgIpc) is 3.05. The molecule has 170 valence electrons. The van der Waals surface area contributed by atoms with Crippen molar-refractivity contribution in [2.45, 2.75) is 13.8 Å². The SMILES string of the molecule is Cc1ccc(N2C(=O)c3ccc(C(=O)Nc4cc(C(=O)O)cc(C(=O)O)c4)cc3C2=O)cc1C. The van der Waals surface area contributed by atoms with Crippen LogP contribution in [-0.2, 0) is 0 Å². The lowest BCUT2D eigenvalue weighted by Crippen LogP contribution is -2.29. The molecule has 0 fully saturated rings. The Kier molecular flexibility index (Phi) is 5.46. The molecule has 0 saturated heterocycles. The van der Waals surface area contributed by atoms with Gasteiger partial charge in [-0.15, -0.1) is 0 Å². The number of aryl methyl sites for hydroxylation is 2. The topological polar surface area (TPSA) is 141 Å². The Morgan fingerprint density at radius 3 is 1.91 bits per heavy atom. The summed E-state index contributed by atoms with van der Waals surface area (Å²) < 4.78 is 0. The van der Waals surface area contributed by atoms with E-state index in [2.05, 4.69) is 5.32 Å². The molecule has 9 heteroatoms. The van der Waals surface area contributed by atoms with Crippen LogP contribution in [0.25, 0.3) is 0 Å². The molecule has 0 spiro atoms. The normalized spacial score (nSPS) is 12.5. The molecule has 4 rings (SSSR count). The Morgan fingerprint density at radius 1 is 0.706 bits per heavy atom. The Hall–Kier alpha value is -4.79. The van der Waals surface area contributed by atoms with Crippen molar-refractivity contribution in [2.75, 3.05) is 10.2 Å². The third-order valence-corrected chi connectivity index (χ3v) is 5.58. The summed E-state index contributed by atoms with van der Waals surface area (Å²) in [5.41, 5.74) is 1.94. The summed E-state index contributed by atoms with van der Waals surface area (Å²) in [6.07, 6.45) is 0. The third-order valence-electron chi connectivity index (χ3n) is 5.58. The number of carboxylic acid groups (broad SMARTS) is 2. The van der Waals surface area contributed by atoms with Crippen molar-refractivity contribution in [3.8, 4) is 0 Å². The molecule has 3 N–H and O–H groups in total. The van der Waals surface area contributed by atoms with Crippen LogP contribution >= 0.6 is 0 Å². The maximum Gasteiger partial charge on any atom is 0.335 e. The first kappa shape index (κ1) is 22.4. The number of benzene rings is 3. The molecule has 3 aromatic carbocycles. The molecule has 0 bridgehead atoms. The number of imide groups is 1. The highest BCUT2D eigenvalue weighted by atomic mass is 16.4. The second kappa shape index (κ2) is 8.28. The van der Waals surface area contributed by atoms with Crippen LogP contribution in [0.2, 0.25) is 0 Å². The van der Waals surface area contributed by atoms with Crippen molar-refractivity contribution in [3.05, 3.63) is 93.5 Å². The number of nitrogens with zero attached hydrogens (tertiary/aromatic N) is 1. The Bertz CT molecular complexity index is 1390. The number of carboxylic acids is 2. The average molecular weight is 458 g/mol. The van der Waals surface area contributed by atoms with Crippen molar-refractivity contribution in [1.82, 2.24) is 0 Å². The Labute approximate surface area is 193 Å². The maximum absolute atomic E-state index is 13.0. The molecular formula is C25H18N2O7. The summed E-state index contributed by atoms with van der Waals surface area (Å²) in [5.74, 6) is -4.49. The van der Waals surface area contributed by atoms with Crippen LogP contribution in [0.4, 0.5) is 11.4 Å². The van der Waals surface area contributed by atoms with Gasteiger partial charge in [0.05, 0.1) is 27.9 Å². The fourth-order valence-corrected chi connectivity index (χ4v) is 3.63. The van der Waals surface area contributed by atoms with E-state index in [0.29, 0.717) is 5.69 Å². The second-order valence-corrected chi connectivity index (χ2v) is 7.84. The van der Waals surface area contributed by atoms with Gasteiger partial charge in [-0.25, -0.2) is 14.5 Å². The minimum Gasteiger partial charge on any atom is -0.478 e. The maximum atomic E-state index is 13.0. The smallest absolute Gasteiger partial charge is 0.335 e. The van der Waals surface area contributed by atoms with Crippen molar-refractivity contribution in [3.63, 3.8) is 0 Å². The predicted molar refractivity (Wildman–Crippen MR) is 122 cm³/mol. The van der Waals surface area contributed by atoms with E-state index in [0.717, 1.165) is 34.2 Å². The first-order chi connectivity index (χ1) is 16.1. The summed E-state index contributed by atoms with van der Waals surface area (Å²) in [6.45, 7) is 3.78. The molecule has 1 heterocycles. The van der Waals surface area contributed by atoms with Gasteiger partial charge in [-0.05, 0) is 73.5 Å².